The number of nitriles is 1. The Morgan fingerprint density at radius 1 is 1.22 bits per heavy atom. The highest BCUT2D eigenvalue weighted by atomic mass is 19.3. The lowest BCUT2D eigenvalue weighted by atomic mass is 10.1. The van der Waals surface area contributed by atoms with Gasteiger partial charge in [-0.2, -0.15) is 14.0 Å². The topological polar surface area (TPSA) is 102 Å². The van der Waals surface area contributed by atoms with Crippen molar-refractivity contribution in [1.82, 2.24) is 4.98 Å². The minimum Gasteiger partial charge on any atom is -0.493 e. The van der Waals surface area contributed by atoms with Crippen LogP contribution < -0.4 is 14.2 Å². The number of nitrogens with zero attached hydrogens (tertiary/aromatic N) is 2. The van der Waals surface area contributed by atoms with Gasteiger partial charge in [0, 0.05) is 0 Å². The molecule has 0 aliphatic rings. The average molecular weight is 376 g/mol. The lowest BCUT2D eigenvalue weighted by Gasteiger charge is -2.14. The number of ether oxygens (including phenoxy) is 3. The molecule has 0 atom stereocenters. The minimum absolute atomic E-state index is 0.0158. The monoisotopic (exact) mass is 376 g/mol. The number of benzene rings is 1. The Hall–Kier alpha value is -3.67. The largest absolute Gasteiger partial charge is 0.493 e. The molecule has 0 amide bonds. The van der Waals surface area contributed by atoms with Crippen molar-refractivity contribution in [3.63, 3.8) is 0 Å². The number of carboxylic acids is 1. The van der Waals surface area contributed by atoms with E-state index in [1.807, 2.05) is 6.07 Å². The molecule has 0 radical (unpaired) electrons. The number of pyridine rings is 1. The first-order chi connectivity index (χ1) is 12.9. The molecular weight excluding hydrogens is 362 g/mol. The van der Waals surface area contributed by atoms with Gasteiger partial charge in [-0.05, 0) is 35.9 Å². The number of aromatic nitrogens is 1. The van der Waals surface area contributed by atoms with E-state index >= 15 is 0 Å². The van der Waals surface area contributed by atoms with E-state index in [0.717, 1.165) is 0 Å². The van der Waals surface area contributed by atoms with Gasteiger partial charge in [0.25, 0.3) is 0 Å². The van der Waals surface area contributed by atoms with Gasteiger partial charge >= 0.3 is 12.6 Å². The van der Waals surface area contributed by atoms with Gasteiger partial charge in [0.1, 0.15) is 11.8 Å². The Morgan fingerprint density at radius 2 is 1.85 bits per heavy atom. The number of hydrogen-bond acceptors (Lipinski definition) is 6. The van der Waals surface area contributed by atoms with Crippen LogP contribution in [0.15, 0.2) is 24.3 Å². The fourth-order valence-electron chi connectivity index (χ4n) is 2.19. The van der Waals surface area contributed by atoms with Crippen molar-refractivity contribution in [1.29, 1.82) is 5.26 Å². The van der Waals surface area contributed by atoms with Crippen molar-refractivity contribution < 1.29 is 32.9 Å². The molecule has 0 bridgehead atoms. The molecule has 0 saturated carbocycles. The van der Waals surface area contributed by atoms with Crippen LogP contribution in [0.1, 0.15) is 27.3 Å². The lowest BCUT2D eigenvalue weighted by molar-refractivity contribution is -0.0526. The zero-order valence-electron chi connectivity index (χ0n) is 14.3. The molecule has 9 heteroatoms. The number of rotatable bonds is 7. The number of alkyl halides is 2. The highest BCUT2D eigenvalue weighted by Crippen LogP contribution is 2.40. The van der Waals surface area contributed by atoms with Crippen LogP contribution in [0.25, 0.3) is 12.2 Å². The predicted molar refractivity (Wildman–Crippen MR) is 91.0 cm³/mol. The van der Waals surface area contributed by atoms with E-state index in [9.17, 15) is 13.6 Å². The summed E-state index contributed by atoms with van der Waals surface area (Å²) in [5.41, 5.74) is 0.567. The van der Waals surface area contributed by atoms with Crippen molar-refractivity contribution in [3.05, 3.63) is 46.8 Å². The second kappa shape index (κ2) is 8.62. The van der Waals surface area contributed by atoms with Crippen molar-refractivity contribution in [3.8, 4) is 23.3 Å². The highest BCUT2D eigenvalue weighted by Gasteiger charge is 2.17. The lowest BCUT2D eigenvalue weighted by Crippen LogP contribution is -2.05. The van der Waals surface area contributed by atoms with Gasteiger partial charge < -0.3 is 19.3 Å². The molecule has 0 unspecified atom stereocenters. The summed E-state index contributed by atoms with van der Waals surface area (Å²) in [4.78, 5) is 14.9. The van der Waals surface area contributed by atoms with Gasteiger partial charge in [-0.1, -0.05) is 6.08 Å². The van der Waals surface area contributed by atoms with E-state index in [0.29, 0.717) is 5.56 Å². The molecule has 2 aromatic rings. The first-order valence-corrected chi connectivity index (χ1v) is 7.43. The van der Waals surface area contributed by atoms with E-state index < -0.39 is 12.6 Å². The molecule has 0 aliphatic heterocycles. The maximum atomic E-state index is 12.6. The van der Waals surface area contributed by atoms with E-state index in [4.69, 9.17) is 19.8 Å². The fraction of sp³-hybridized carbons (Fsp3) is 0.167. The Kier molecular flexibility index (Phi) is 6.27. The Balaban J connectivity index is 2.47. The van der Waals surface area contributed by atoms with Crippen LogP contribution in [0.3, 0.4) is 0 Å². The smallest absolute Gasteiger partial charge is 0.387 e. The van der Waals surface area contributed by atoms with Crippen LogP contribution >= 0.6 is 0 Å². The molecule has 0 saturated heterocycles. The van der Waals surface area contributed by atoms with E-state index in [-0.39, 0.29) is 34.2 Å². The van der Waals surface area contributed by atoms with Crippen LogP contribution in [0, 0.1) is 11.3 Å². The SMILES string of the molecule is COc1cc(/C=C/c2nc(C(=O)O)ccc2C#N)cc(OC)c1OC(F)F. The van der Waals surface area contributed by atoms with Gasteiger partial charge in [-0.15, -0.1) is 0 Å². The Morgan fingerprint density at radius 3 is 2.33 bits per heavy atom. The van der Waals surface area contributed by atoms with Crippen LogP contribution in [0.5, 0.6) is 17.2 Å². The molecule has 7 nitrogen and oxygen atoms in total. The molecule has 27 heavy (non-hydrogen) atoms. The molecule has 0 spiro atoms. The van der Waals surface area contributed by atoms with Gasteiger partial charge in [0.15, 0.2) is 11.5 Å². The summed E-state index contributed by atoms with van der Waals surface area (Å²) in [5.74, 6) is -1.45. The summed E-state index contributed by atoms with van der Waals surface area (Å²) in [7, 11) is 2.57. The third-order valence-corrected chi connectivity index (χ3v) is 3.39. The zero-order chi connectivity index (χ0) is 20.0. The van der Waals surface area contributed by atoms with E-state index in [1.165, 1.54) is 50.6 Å². The summed E-state index contributed by atoms with van der Waals surface area (Å²) in [6, 6.07) is 7.32. The summed E-state index contributed by atoms with van der Waals surface area (Å²) < 4.78 is 39.7. The van der Waals surface area contributed by atoms with Crippen molar-refractivity contribution in [2.24, 2.45) is 0 Å². The fourth-order valence-corrected chi connectivity index (χ4v) is 2.19. The maximum Gasteiger partial charge on any atom is 0.387 e. The Labute approximate surface area is 153 Å². The van der Waals surface area contributed by atoms with Crippen LogP contribution in [-0.4, -0.2) is 36.9 Å². The number of hydrogen-bond donors (Lipinski definition) is 1. The number of aromatic carboxylic acids is 1. The summed E-state index contributed by atoms with van der Waals surface area (Å²) in [5, 5.41) is 18.2. The molecule has 1 N–H and O–H groups in total. The van der Waals surface area contributed by atoms with Crippen LogP contribution in [0.2, 0.25) is 0 Å². The molecule has 140 valence electrons. The Bertz CT molecular complexity index is 897. The molecular formula is C18H14F2N2O5. The van der Waals surface area contributed by atoms with E-state index in [2.05, 4.69) is 9.72 Å². The maximum absolute atomic E-state index is 12.6. The van der Waals surface area contributed by atoms with Gasteiger partial charge in [0.2, 0.25) is 5.75 Å². The zero-order valence-corrected chi connectivity index (χ0v) is 14.3. The number of methoxy groups -OCH3 is 2. The second-order valence-corrected chi connectivity index (χ2v) is 5.01. The average Bonchev–Trinajstić information content (AvgIpc) is 2.65. The molecule has 1 heterocycles. The van der Waals surface area contributed by atoms with Crippen LogP contribution in [0.4, 0.5) is 8.78 Å². The number of carboxylic acid groups (broad SMARTS) is 1. The van der Waals surface area contributed by atoms with Crippen molar-refractivity contribution in [2.75, 3.05) is 14.2 Å². The summed E-state index contributed by atoms with van der Waals surface area (Å²) in [6.07, 6.45) is 2.93. The second-order valence-electron chi connectivity index (χ2n) is 5.01. The number of halogens is 2. The van der Waals surface area contributed by atoms with Crippen LogP contribution in [-0.2, 0) is 0 Å². The van der Waals surface area contributed by atoms with Gasteiger partial charge in [-0.25, -0.2) is 9.78 Å². The summed E-state index contributed by atoms with van der Waals surface area (Å²) in [6.45, 7) is -3.06. The molecule has 2 rings (SSSR count). The summed E-state index contributed by atoms with van der Waals surface area (Å²) >= 11 is 0. The molecule has 0 fully saturated rings. The molecule has 0 aliphatic carbocycles. The van der Waals surface area contributed by atoms with Gasteiger partial charge in [-0.3, -0.25) is 0 Å². The molecule has 1 aromatic carbocycles. The van der Waals surface area contributed by atoms with Gasteiger partial charge in [0.05, 0.1) is 25.5 Å². The quantitative estimate of drug-likeness (QED) is 0.790. The third-order valence-electron chi connectivity index (χ3n) is 3.39. The first-order valence-electron chi connectivity index (χ1n) is 7.43. The van der Waals surface area contributed by atoms with Crippen molar-refractivity contribution in [2.45, 2.75) is 6.61 Å². The highest BCUT2D eigenvalue weighted by molar-refractivity contribution is 5.86. The predicted octanol–water partition coefficient (Wildman–Crippen LogP) is 3.44. The first kappa shape index (κ1) is 19.7. The third kappa shape index (κ3) is 4.70. The minimum atomic E-state index is -3.06. The normalized spacial score (nSPS) is 10.7. The van der Waals surface area contributed by atoms with Crippen molar-refractivity contribution >= 4 is 18.1 Å². The van der Waals surface area contributed by atoms with E-state index in [1.54, 1.807) is 0 Å². The molecule has 1 aromatic heterocycles. The number of carbonyl (C=O) groups is 1. The standard InChI is InChI=1S/C18H14F2N2O5/c1-25-14-7-10(8-15(26-2)16(14)27-18(19)20)3-5-12-11(9-21)4-6-13(22-12)17(23)24/h3-8,18H,1-2H3,(H,23,24)/b5-3+.